The highest BCUT2D eigenvalue weighted by molar-refractivity contribution is 5.36. The van der Waals surface area contributed by atoms with E-state index in [4.69, 9.17) is 10.8 Å². The van der Waals surface area contributed by atoms with Crippen LogP contribution in [0.15, 0.2) is 12.1 Å². The Bertz CT molecular complexity index is 299. The summed E-state index contributed by atoms with van der Waals surface area (Å²) in [6.07, 6.45) is 0. The van der Waals surface area contributed by atoms with Gasteiger partial charge in [-0.1, -0.05) is 0 Å². The van der Waals surface area contributed by atoms with Gasteiger partial charge in [0.25, 0.3) is 0 Å². The summed E-state index contributed by atoms with van der Waals surface area (Å²) >= 11 is 0. The number of phenols is 1. The molecule has 1 rings (SSSR count). The van der Waals surface area contributed by atoms with Gasteiger partial charge in [-0.15, -0.1) is 0 Å². The second-order valence-electron chi connectivity index (χ2n) is 2.58. The van der Waals surface area contributed by atoms with Gasteiger partial charge in [0, 0.05) is 11.6 Å². The summed E-state index contributed by atoms with van der Waals surface area (Å²) < 4.78 is 25.5. The molecule has 0 aromatic heterocycles. The zero-order valence-corrected chi connectivity index (χ0v) is 6.51. The lowest BCUT2D eigenvalue weighted by Gasteiger charge is -2.09. The molecule has 0 saturated heterocycles. The molecule has 0 aliphatic carbocycles. The SMILES string of the molecule is C[C@@H](N)c1c(F)ccc(F)c1O. The van der Waals surface area contributed by atoms with Gasteiger partial charge in [-0.05, 0) is 19.1 Å². The van der Waals surface area contributed by atoms with Crippen LogP contribution < -0.4 is 5.73 Å². The number of aromatic hydroxyl groups is 1. The van der Waals surface area contributed by atoms with Crippen LogP contribution in [0.3, 0.4) is 0 Å². The molecule has 4 heteroatoms. The number of phenolic OH excluding ortho intramolecular Hbond substituents is 1. The highest BCUT2D eigenvalue weighted by atomic mass is 19.1. The van der Waals surface area contributed by atoms with Gasteiger partial charge in [-0.3, -0.25) is 0 Å². The molecular weight excluding hydrogens is 164 g/mol. The molecule has 12 heavy (non-hydrogen) atoms. The molecule has 2 nitrogen and oxygen atoms in total. The zero-order valence-electron chi connectivity index (χ0n) is 6.51. The van der Waals surface area contributed by atoms with Gasteiger partial charge >= 0.3 is 0 Å². The van der Waals surface area contributed by atoms with E-state index in [9.17, 15) is 8.78 Å². The highest BCUT2D eigenvalue weighted by Gasteiger charge is 2.15. The van der Waals surface area contributed by atoms with Gasteiger partial charge in [0.1, 0.15) is 5.82 Å². The fourth-order valence-corrected chi connectivity index (χ4v) is 0.990. The average Bonchev–Trinajstić information content (AvgIpc) is 1.97. The minimum atomic E-state index is -0.858. The van der Waals surface area contributed by atoms with Gasteiger partial charge < -0.3 is 10.8 Å². The lowest BCUT2D eigenvalue weighted by Crippen LogP contribution is -2.08. The van der Waals surface area contributed by atoms with Crippen molar-refractivity contribution in [2.24, 2.45) is 5.73 Å². The van der Waals surface area contributed by atoms with Crippen molar-refractivity contribution >= 4 is 0 Å². The summed E-state index contributed by atoms with van der Waals surface area (Å²) in [4.78, 5) is 0. The van der Waals surface area contributed by atoms with E-state index in [1.807, 2.05) is 0 Å². The number of halogens is 2. The molecule has 0 fully saturated rings. The van der Waals surface area contributed by atoms with E-state index < -0.39 is 23.4 Å². The first-order chi connectivity index (χ1) is 5.54. The zero-order chi connectivity index (χ0) is 9.30. The van der Waals surface area contributed by atoms with Crippen LogP contribution in [0.4, 0.5) is 8.78 Å². The summed E-state index contributed by atoms with van der Waals surface area (Å²) in [6, 6.07) is 1.07. The Kier molecular flexibility index (Phi) is 2.28. The smallest absolute Gasteiger partial charge is 0.165 e. The van der Waals surface area contributed by atoms with E-state index in [2.05, 4.69) is 0 Å². The Labute approximate surface area is 68.6 Å². The quantitative estimate of drug-likeness (QED) is 0.678. The molecule has 0 aliphatic heterocycles. The topological polar surface area (TPSA) is 46.2 Å². The summed E-state index contributed by atoms with van der Waals surface area (Å²) in [7, 11) is 0. The third kappa shape index (κ3) is 1.38. The first-order valence-electron chi connectivity index (χ1n) is 3.46. The third-order valence-electron chi connectivity index (χ3n) is 1.57. The highest BCUT2D eigenvalue weighted by Crippen LogP contribution is 2.27. The van der Waals surface area contributed by atoms with Crippen molar-refractivity contribution in [2.75, 3.05) is 0 Å². The van der Waals surface area contributed by atoms with Crippen LogP contribution in [0.1, 0.15) is 18.5 Å². The number of hydrogen-bond donors (Lipinski definition) is 2. The first-order valence-corrected chi connectivity index (χ1v) is 3.46. The molecule has 0 unspecified atom stereocenters. The standard InChI is InChI=1S/C8H9F2NO/c1-4(11)7-5(9)2-3-6(10)8(7)12/h2-4,12H,11H2,1H3/t4-/m1/s1. The van der Waals surface area contributed by atoms with Crippen molar-refractivity contribution in [1.29, 1.82) is 0 Å². The van der Waals surface area contributed by atoms with Gasteiger partial charge in [-0.2, -0.15) is 0 Å². The molecule has 0 spiro atoms. The normalized spacial score (nSPS) is 13.0. The summed E-state index contributed by atoms with van der Waals surface area (Å²) in [6.45, 7) is 1.47. The van der Waals surface area contributed by atoms with Crippen molar-refractivity contribution in [3.63, 3.8) is 0 Å². The van der Waals surface area contributed by atoms with Gasteiger partial charge in [0.05, 0.1) is 0 Å². The first kappa shape index (κ1) is 8.93. The molecule has 0 amide bonds. The maximum absolute atomic E-state index is 12.9. The predicted octanol–water partition coefficient (Wildman–Crippen LogP) is 1.69. The molecule has 0 bridgehead atoms. The minimum Gasteiger partial charge on any atom is -0.505 e. The van der Waals surface area contributed by atoms with E-state index in [0.717, 1.165) is 12.1 Å². The Morgan fingerprint density at radius 1 is 1.33 bits per heavy atom. The van der Waals surface area contributed by atoms with Crippen molar-refractivity contribution in [1.82, 2.24) is 0 Å². The van der Waals surface area contributed by atoms with Crippen molar-refractivity contribution in [3.8, 4) is 5.75 Å². The largest absolute Gasteiger partial charge is 0.505 e. The molecule has 66 valence electrons. The number of nitrogens with two attached hydrogens (primary N) is 1. The van der Waals surface area contributed by atoms with E-state index in [-0.39, 0.29) is 5.56 Å². The van der Waals surface area contributed by atoms with E-state index in [0.29, 0.717) is 0 Å². The monoisotopic (exact) mass is 173 g/mol. The minimum absolute atomic E-state index is 0.185. The van der Waals surface area contributed by atoms with Crippen LogP contribution in [0, 0.1) is 11.6 Å². The van der Waals surface area contributed by atoms with Crippen molar-refractivity contribution < 1.29 is 13.9 Å². The van der Waals surface area contributed by atoms with Gasteiger partial charge in [-0.25, -0.2) is 8.78 Å². The van der Waals surface area contributed by atoms with E-state index in [1.165, 1.54) is 6.92 Å². The van der Waals surface area contributed by atoms with Crippen molar-refractivity contribution in [2.45, 2.75) is 13.0 Å². The van der Waals surface area contributed by atoms with Crippen LogP contribution >= 0.6 is 0 Å². The van der Waals surface area contributed by atoms with E-state index in [1.54, 1.807) is 0 Å². The number of benzene rings is 1. The Morgan fingerprint density at radius 2 is 1.83 bits per heavy atom. The molecular formula is C8H9F2NO. The molecule has 0 radical (unpaired) electrons. The second kappa shape index (κ2) is 3.06. The van der Waals surface area contributed by atoms with Crippen LogP contribution in [0.5, 0.6) is 5.75 Å². The number of rotatable bonds is 1. The molecule has 3 N–H and O–H groups in total. The predicted molar refractivity (Wildman–Crippen MR) is 40.6 cm³/mol. The maximum Gasteiger partial charge on any atom is 0.165 e. The fraction of sp³-hybridized carbons (Fsp3) is 0.250. The van der Waals surface area contributed by atoms with Crippen LogP contribution in [-0.2, 0) is 0 Å². The third-order valence-corrected chi connectivity index (χ3v) is 1.57. The van der Waals surface area contributed by atoms with Crippen LogP contribution in [0.2, 0.25) is 0 Å². The molecule has 1 aromatic carbocycles. The Hall–Kier alpha value is -1.16. The van der Waals surface area contributed by atoms with Crippen molar-refractivity contribution in [3.05, 3.63) is 29.3 Å². The lowest BCUT2D eigenvalue weighted by molar-refractivity contribution is 0.412. The molecule has 1 aromatic rings. The van der Waals surface area contributed by atoms with Gasteiger partial charge in [0.2, 0.25) is 0 Å². The summed E-state index contributed by atoms with van der Waals surface area (Å²) in [5.41, 5.74) is 5.13. The molecule has 1 atom stereocenters. The fourth-order valence-electron chi connectivity index (χ4n) is 0.990. The second-order valence-corrected chi connectivity index (χ2v) is 2.58. The molecule has 0 heterocycles. The Morgan fingerprint density at radius 3 is 2.25 bits per heavy atom. The van der Waals surface area contributed by atoms with Gasteiger partial charge in [0.15, 0.2) is 11.6 Å². The summed E-state index contributed by atoms with van der Waals surface area (Å²) in [5, 5.41) is 9.05. The maximum atomic E-state index is 12.9. The van der Waals surface area contributed by atoms with Crippen LogP contribution in [0.25, 0.3) is 0 Å². The average molecular weight is 173 g/mol. The van der Waals surface area contributed by atoms with Crippen LogP contribution in [-0.4, -0.2) is 5.11 Å². The number of hydrogen-bond acceptors (Lipinski definition) is 2. The Balaban J connectivity index is 3.33. The summed E-state index contributed by atoms with van der Waals surface area (Å²) in [5.74, 6) is -2.25. The molecule has 0 saturated carbocycles. The lowest BCUT2D eigenvalue weighted by atomic mass is 10.1. The molecule has 0 aliphatic rings. The van der Waals surface area contributed by atoms with E-state index >= 15 is 0 Å².